The second-order valence-electron chi connectivity index (χ2n) is 12.9. The fourth-order valence-corrected chi connectivity index (χ4v) is 12.4. The first kappa shape index (κ1) is 35.1. The summed E-state index contributed by atoms with van der Waals surface area (Å²) in [5.41, 5.74) is 3.94. The van der Waals surface area contributed by atoms with Crippen LogP contribution >= 0.6 is 10.3 Å². The van der Waals surface area contributed by atoms with Gasteiger partial charge in [-0.1, -0.05) is 60.7 Å². The molecule has 3 aromatic carbocycles. The smallest absolute Gasteiger partial charge is 0.315 e. The summed E-state index contributed by atoms with van der Waals surface area (Å²) in [6, 6.07) is 25.6. The van der Waals surface area contributed by atoms with Gasteiger partial charge in [0.15, 0.2) is 5.78 Å². The maximum atomic E-state index is 12.7. The van der Waals surface area contributed by atoms with Crippen LogP contribution in [0.1, 0.15) is 60.7 Å². The van der Waals surface area contributed by atoms with Gasteiger partial charge in [-0.05, 0) is 112 Å². The SMILES string of the molecule is C=C(C)c1cccc(C(C)(C)NC(=O)NCCCS(C)(C)O[Si](C)(C)CCCOc2ccc(C(=O)c3ccccc3)cc2)c1. The number of ether oxygens (including phenoxy) is 1. The number of urea groups is 1. The number of carbonyl (C=O) groups is 2. The van der Waals surface area contributed by atoms with Crippen molar-refractivity contribution in [3.8, 4) is 5.75 Å². The molecule has 44 heavy (non-hydrogen) atoms. The first-order chi connectivity index (χ1) is 20.7. The highest BCUT2D eigenvalue weighted by molar-refractivity contribution is 8.29. The van der Waals surface area contributed by atoms with Crippen LogP contribution < -0.4 is 15.4 Å². The summed E-state index contributed by atoms with van der Waals surface area (Å²) in [6.45, 7) is 15.8. The molecule has 2 N–H and O–H groups in total. The Morgan fingerprint density at radius 3 is 2.18 bits per heavy atom. The van der Waals surface area contributed by atoms with Gasteiger partial charge in [-0.3, -0.25) is 4.79 Å². The average Bonchev–Trinajstić information content (AvgIpc) is 2.97. The molecule has 0 atom stereocenters. The molecule has 0 aromatic heterocycles. The van der Waals surface area contributed by atoms with Crippen molar-refractivity contribution >= 4 is 36.0 Å². The minimum absolute atomic E-state index is 0.0100. The molecule has 2 amide bonds. The molecule has 0 spiro atoms. The van der Waals surface area contributed by atoms with E-state index in [1.165, 1.54) is 0 Å². The molecule has 0 saturated heterocycles. The van der Waals surface area contributed by atoms with Gasteiger partial charge in [0.1, 0.15) is 5.75 Å². The highest BCUT2D eigenvalue weighted by Crippen LogP contribution is 2.45. The lowest BCUT2D eigenvalue weighted by Gasteiger charge is -2.39. The molecule has 0 aliphatic carbocycles. The molecular weight excluding hydrogens is 585 g/mol. The van der Waals surface area contributed by atoms with Gasteiger partial charge >= 0.3 is 6.03 Å². The van der Waals surface area contributed by atoms with E-state index in [9.17, 15) is 9.59 Å². The number of hydrogen-bond acceptors (Lipinski definition) is 4. The maximum absolute atomic E-state index is 12.7. The van der Waals surface area contributed by atoms with Crippen molar-refractivity contribution in [2.45, 2.75) is 58.3 Å². The summed E-state index contributed by atoms with van der Waals surface area (Å²) < 4.78 is 12.7. The van der Waals surface area contributed by atoms with Gasteiger partial charge in [-0.15, -0.1) is 0 Å². The monoisotopic (exact) mass is 634 g/mol. The zero-order chi connectivity index (χ0) is 32.4. The number of amides is 2. The molecule has 3 aromatic rings. The second kappa shape index (κ2) is 15.6. The summed E-state index contributed by atoms with van der Waals surface area (Å²) in [7, 11) is -3.14. The van der Waals surface area contributed by atoms with Crippen molar-refractivity contribution in [3.05, 3.63) is 108 Å². The van der Waals surface area contributed by atoms with E-state index in [-0.39, 0.29) is 11.8 Å². The van der Waals surface area contributed by atoms with E-state index in [2.05, 4.69) is 48.9 Å². The van der Waals surface area contributed by atoms with Crippen LogP contribution in [0.25, 0.3) is 5.57 Å². The van der Waals surface area contributed by atoms with E-state index in [1.807, 2.05) is 93.6 Å². The molecule has 0 unspecified atom stereocenters. The van der Waals surface area contributed by atoms with E-state index < -0.39 is 24.2 Å². The Bertz CT molecular complexity index is 1410. The Labute approximate surface area is 267 Å². The third kappa shape index (κ3) is 11.3. The molecular formula is C36H50N2O4SSi. The standard InChI is InChI=1S/C36H50N2O4SSi/c1-28(2)31-17-12-18-32(27-31)36(3,4)38-35(40)37-23-13-25-43(5,6)42-44(7,8)26-14-24-41-33-21-19-30(20-22-33)34(39)29-15-10-9-11-16-29/h9-12,15-22,27H,1,13-14,23-26H2,2-8H3,(H2,37,38,40). The third-order valence-corrected chi connectivity index (χ3v) is 13.8. The fraction of sp³-hybridized carbons (Fsp3) is 0.389. The molecule has 238 valence electrons. The summed E-state index contributed by atoms with van der Waals surface area (Å²) >= 11 is 0. The quantitative estimate of drug-likeness (QED) is 0.0941. The Hall–Kier alpha value is -3.33. The van der Waals surface area contributed by atoms with Crippen LogP contribution in [0.4, 0.5) is 4.79 Å². The van der Waals surface area contributed by atoms with Gasteiger partial charge in [0.25, 0.3) is 0 Å². The molecule has 0 bridgehead atoms. The average molecular weight is 635 g/mol. The molecule has 0 fully saturated rings. The minimum Gasteiger partial charge on any atom is -0.494 e. The van der Waals surface area contributed by atoms with Crippen molar-refractivity contribution in [1.29, 1.82) is 0 Å². The molecule has 3 rings (SSSR count). The summed E-state index contributed by atoms with van der Waals surface area (Å²) in [5.74, 6) is 1.70. The van der Waals surface area contributed by atoms with E-state index in [4.69, 9.17) is 8.61 Å². The molecule has 0 aliphatic rings. The van der Waals surface area contributed by atoms with Crippen LogP contribution in [0.3, 0.4) is 0 Å². The number of nitrogens with one attached hydrogen (secondary N) is 2. The van der Waals surface area contributed by atoms with Gasteiger partial charge in [0.05, 0.1) is 12.1 Å². The Morgan fingerprint density at radius 2 is 1.52 bits per heavy atom. The lowest BCUT2D eigenvalue weighted by atomic mass is 9.92. The van der Waals surface area contributed by atoms with Crippen LogP contribution in [-0.2, 0) is 9.41 Å². The van der Waals surface area contributed by atoms with Gasteiger partial charge in [-0.2, -0.15) is 10.3 Å². The van der Waals surface area contributed by atoms with Gasteiger partial charge in [0.2, 0.25) is 8.32 Å². The lowest BCUT2D eigenvalue weighted by molar-refractivity contribution is 0.103. The number of hydrogen-bond donors (Lipinski definition) is 2. The summed E-state index contributed by atoms with van der Waals surface area (Å²) in [5, 5.41) is 6.13. The zero-order valence-electron chi connectivity index (χ0n) is 27.5. The Balaban J connectivity index is 1.35. The minimum atomic E-state index is -1.90. The molecule has 0 aliphatic heterocycles. The van der Waals surface area contributed by atoms with Crippen LogP contribution in [0.5, 0.6) is 5.75 Å². The number of benzene rings is 3. The normalized spacial score (nSPS) is 12.3. The van der Waals surface area contributed by atoms with Gasteiger partial charge < -0.3 is 19.2 Å². The predicted octanol–water partition coefficient (Wildman–Crippen LogP) is 8.55. The molecule has 0 saturated carbocycles. The number of ketones is 1. The van der Waals surface area contributed by atoms with E-state index in [1.54, 1.807) is 0 Å². The topological polar surface area (TPSA) is 76.7 Å². The van der Waals surface area contributed by atoms with Gasteiger partial charge in [-0.25, -0.2) is 4.79 Å². The lowest BCUT2D eigenvalue weighted by Crippen LogP contribution is -2.46. The first-order valence-electron chi connectivity index (χ1n) is 15.2. The van der Waals surface area contributed by atoms with E-state index in [0.29, 0.717) is 24.3 Å². The van der Waals surface area contributed by atoms with Crippen molar-refractivity contribution in [3.63, 3.8) is 0 Å². The fourth-order valence-electron chi connectivity index (χ4n) is 5.04. The van der Waals surface area contributed by atoms with Gasteiger partial charge in [0, 0.05) is 17.7 Å². The third-order valence-electron chi connectivity index (χ3n) is 7.40. The van der Waals surface area contributed by atoms with Crippen LogP contribution in [0.15, 0.2) is 85.4 Å². The molecule has 0 radical (unpaired) electrons. The van der Waals surface area contributed by atoms with E-state index >= 15 is 0 Å². The first-order valence-corrected chi connectivity index (χ1v) is 20.9. The highest BCUT2D eigenvalue weighted by Gasteiger charge is 2.29. The van der Waals surface area contributed by atoms with Crippen LogP contribution in [0, 0.1) is 0 Å². The second-order valence-corrected chi connectivity index (χ2v) is 20.8. The van der Waals surface area contributed by atoms with Crippen LogP contribution in [0.2, 0.25) is 19.1 Å². The largest absolute Gasteiger partial charge is 0.494 e. The zero-order valence-corrected chi connectivity index (χ0v) is 29.3. The Morgan fingerprint density at radius 1 is 0.886 bits per heavy atom. The van der Waals surface area contributed by atoms with E-state index in [0.717, 1.165) is 47.1 Å². The number of rotatable bonds is 16. The van der Waals surface area contributed by atoms with Crippen molar-refractivity contribution < 1.29 is 18.2 Å². The summed E-state index contributed by atoms with van der Waals surface area (Å²) in [6.07, 6.45) is 6.20. The molecule has 0 heterocycles. The maximum Gasteiger partial charge on any atom is 0.315 e. The molecule has 6 nitrogen and oxygen atoms in total. The Kier molecular flexibility index (Phi) is 12.5. The summed E-state index contributed by atoms with van der Waals surface area (Å²) in [4.78, 5) is 25.3. The van der Waals surface area contributed by atoms with Crippen molar-refractivity contribution in [2.24, 2.45) is 0 Å². The van der Waals surface area contributed by atoms with Crippen molar-refractivity contribution in [1.82, 2.24) is 10.6 Å². The van der Waals surface area contributed by atoms with Crippen molar-refractivity contribution in [2.75, 3.05) is 31.4 Å². The number of carbonyl (C=O) groups excluding carboxylic acids is 2. The highest BCUT2D eigenvalue weighted by atomic mass is 32.3. The number of allylic oxidation sites excluding steroid dienone is 1. The van der Waals surface area contributed by atoms with Crippen LogP contribution in [-0.4, -0.2) is 51.5 Å². The molecule has 8 heteroatoms. The predicted molar refractivity (Wildman–Crippen MR) is 189 cm³/mol.